The third kappa shape index (κ3) is 4.68. The van der Waals surface area contributed by atoms with Crippen molar-refractivity contribution in [2.75, 3.05) is 4.90 Å². The van der Waals surface area contributed by atoms with E-state index in [1.54, 1.807) is 6.07 Å². The van der Waals surface area contributed by atoms with Crippen LogP contribution in [0.2, 0.25) is 0 Å². The van der Waals surface area contributed by atoms with Crippen molar-refractivity contribution in [1.29, 1.82) is 0 Å². The van der Waals surface area contributed by atoms with Crippen LogP contribution in [0.25, 0.3) is 22.2 Å². The molecule has 1 aliphatic rings. The van der Waals surface area contributed by atoms with Crippen molar-refractivity contribution in [3.63, 3.8) is 0 Å². The number of aromatic nitrogens is 2. The lowest BCUT2D eigenvalue weighted by Gasteiger charge is -2.41. The van der Waals surface area contributed by atoms with E-state index >= 15 is 0 Å². The maximum Gasteiger partial charge on any atom is 0.141 e. The van der Waals surface area contributed by atoms with E-state index in [1.807, 2.05) is 54.7 Å². The number of anilines is 3. The summed E-state index contributed by atoms with van der Waals surface area (Å²) < 4.78 is 0. The van der Waals surface area contributed by atoms with E-state index in [1.165, 1.54) is 16.7 Å². The van der Waals surface area contributed by atoms with Gasteiger partial charge in [-0.15, -0.1) is 0 Å². The number of para-hydroxylation sites is 1. The topological polar surface area (TPSA) is 49.2 Å². The fraction of sp³-hybridized carbons (Fsp3) is 0.150. The number of aromatic hydroxyl groups is 1. The van der Waals surface area contributed by atoms with Crippen molar-refractivity contribution in [2.24, 2.45) is 0 Å². The maximum absolute atomic E-state index is 10.9. The summed E-state index contributed by atoms with van der Waals surface area (Å²) in [5.74, 6) is 7.91. The quantitative estimate of drug-likeness (QED) is 0.215. The SMILES string of the molecule is CC(C)c1ccnc(N2c3ccccc3C(C)(C)c3ccc(-c4ccc5c(C#Cc6ccccc6)ccc(O)c5n4)cc32)c1. The van der Waals surface area contributed by atoms with Gasteiger partial charge < -0.3 is 5.11 Å². The van der Waals surface area contributed by atoms with E-state index in [-0.39, 0.29) is 11.2 Å². The third-order valence-corrected chi connectivity index (χ3v) is 8.64. The first-order valence-electron chi connectivity index (χ1n) is 15.0. The highest BCUT2D eigenvalue weighted by Crippen LogP contribution is 2.52. The zero-order chi connectivity index (χ0) is 30.4. The molecule has 7 rings (SSSR count). The van der Waals surface area contributed by atoms with Gasteiger partial charge in [-0.3, -0.25) is 4.90 Å². The summed E-state index contributed by atoms with van der Waals surface area (Å²) >= 11 is 0. The van der Waals surface area contributed by atoms with Gasteiger partial charge in [0.1, 0.15) is 17.1 Å². The van der Waals surface area contributed by atoms with Gasteiger partial charge >= 0.3 is 0 Å². The molecule has 0 saturated heterocycles. The minimum Gasteiger partial charge on any atom is -0.506 e. The molecule has 0 amide bonds. The van der Waals surface area contributed by atoms with Gasteiger partial charge in [-0.25, -0.2) is 9.97 Å². The van der Waals surface area contributed by atoms with Crippen molar-refractivity contribution in [1.82, 2.24) is 9.97 Å². The Morgan fingerprint density at radius 2 is 1.52 bits per heavy atom. The van der Waals surface area contributed by atoms with Gasteiger partial charge in [0, 0.05) is 33.7 Å². The lowest BCUT2D eigenvalue weighted by Crippen LogP contribution is -2.31. The first-order chi connectivity index (χ1) is 21.3. The number of rotatable bonds is 3. The highest BCUT2D eigenvalue weighted by atomic mass is 16.3. The summed E-state index contributed by atoms with van der Waals surface area (Å²) in [5, 5.41) is 11.7. The van der Waals surface area contributed by atoms with Crippen molar-refractivity contribution < 1.29 is 5.11 Å². The highest BCUT2D eigenvalue weighted by Gasteiger charge is 2.37. The molecule has 0 saturated carbocycles. The van der Waals surface area contributed by atoms with Gasteiger partial charge in [-0.1, -0.05) is 88.1 Å². The molecule has 1 N–H and O–H groups in total. The molecule has 0 fully saturated rings. The standard InChI is InChI=1S/C40H33N3O/c1-26(2)29-22-23-41-38(25-29)43-35-13-9-8-12-32(35)40(3,4)33-19-16-30(24-36(33)43)34-20-18-31-28(17-21-37(44)39(31)42-34)15-14-27-10-6-5-7-11-27/h5-13,16-26,44H,1-4H3. The Morgan fingerprint density at radius 1 is 0.750 bits per heavy atom. The number of nitrogens with zero attached hydrogens (tertiary/aromatic N) is 3. The molecule has 1 aliphatic heterocycles. The molecule has 0 unspecified atom stereocenters. The third-order valence-electron chi connectivity index (χ3n) is 8.64. The summed E-state index contributed by atoms with van der Waals surface area (Å²) in [7, 11) is 0. The first kappa shape index (κ1) is 27.4. The average molecular weight is 572 g/mol. The van der Waals surface area contributed by atoms with Crippen LogP contribution in [-0.2, 0) is 5.41 Å². The van der Waals surface area contributed by atoms with Gasteiger partial charge in [-0.05, 0) is 83.3 Å². The Labute approximate surface area is 258 Å². The molecule has 0 spiro atoms. The van der Waals surface area contributed by atoms with Crippen molar-refractivity contribution in [3.8, 4) is 28.8 Å². The fourth-order valence-electron chi connectivity index (χ4n) is 6.17. The van der Waals surface area contributed by atoms with E-state index in [9.17, 15) is 5.11 Å². The van der Waals surface area contributed by atoms with Gasteiger partial charge in [-0.2, -0.15) is 0 Å². The lowest BCUT2D eigenvalue weighted by atomic mass is 9.73. The van der Waals surface area contributed by atoms with Crippen LogP contribution in [0.5, 0.6) is 5.75 Å². The molecule has 0 aliphatic carbocycles. The normalized spacial score (nSPS) is 13.2. The molecule has 0 radical (unpaired) electrons. The summed E-state index contributed by atoms with van der Waals surface area (Å²) in [4.78, 5) is 12.1. The first-order valence-corrected chi connectivity index (χ1v) is 15.0. The van der Waals surface area contributed by atoms with Gasteiger partial charge in [0.25, 0.3) is 0 Å². The van der Waals surface area contributed by atoms with Crippen molar-refractivity contribution in [3.05, 3.63) is 143 Å². The number of phenols is 1. The predicted molar refractivity (Wildman–Crippen MR) is 180 cm³/mol. The smallest absolute Gasteiger partial charge is 0.141 e. The van der Waals surface area contributed by atoms with Crippen LogP contribution in [-0.4, -0.2) is 15.1 Å². The van der Waals surface area contributed by atoms with Crippen LogP contribution in [0.1, 0.15) is 61.4 Å². The predicted octanol–water partition coefficient (Wildman–Crippen LogP) is 9.63. The summed E-state index contributed by atoms with van der Waals surface area (Å²) in [6.45, 7) is 8.98. The van der Waals surface area contributed by atoms with E-state index in [4.69, 9.17) is 9.97 Å². The van der Waals surface area contributed by atoms with Crippen molar-refractivity contribution >= 4 is 28.1 Å². The summed E-state index contributed by atoms with van der Waals surface area (Å²) in [6.07, 6.45) is 1.91. The second-order valence-corrected chi connectivity index (χ2v) is 12.2. The molecule has 44 heavy (non-hydrogen) atoms. The molecule has 4 heteroatoms. The van der Waals surface area contributed by atoms with E-state index in [0.29, 0.717) is 11.4 Å². The Kier molecular flexibility index (Phi) is 6.67. The van der Waals surface area contributed by atoms with E-state index in [2.05, 4.69) is 99.0 Å². The van der Waals surface area contributed by atoms with Gasteiger partial charge in [0.15, 0.2) is 0 Å². The lowest BCUT2D eigenvalue weighted by molar-refractivity contribution is 0.480. The number of pyridine rings is 2. The average Bonchev–Trinajstić information content (AvgIpc) is 3.05. The minimum atomic E-state index is -0.210. The van der Waals surface area contributed by atoms with Crippen LogP contribution >= 0.6 is 0 Å². The number of hydrogen-bond acceptors (Lipinski definition) is 4. The second-order valence-electron chi connectivity index (χ2n) is 12.2. The zero-order valence-corrected chi connectivity index (χ0v) is 25.3. The molecule has 6 aromatic rings. The molecule has 3 heterocycles. The minimum absolute atomic E-state index is 0.136. The fourth-order valence-corrected chi connectivity index (χ4v) is 6.17. The molecule has 0 bridgehead atoms. The Bertz CT molecular complexity index is 2100. The van der Waals surface area contributed by atoms with Crippen LogP contribution in [0.3, 0.4) is 0 Å². The summed E-state index contributed by atoms with van der Waals surface area (Å²) in [6, 6.07) is 36.9. The number of fused-ring (bicyclic) bond motifs is 3. The Morgan fingerprint density at radius 3 is 2.34 bits per heavy atom. The largest absolute Gasteiger partial charge is 0.506 e. The molecular weight excluding hydrogens is 538 g/mol. The summed E-state index contributed by atoms with van der Waals surface area (Å²) in [5.41, 5.74) is 9.76. The second kappa shape index (κ2) is 10.7. The number of benzene rings is 4. The molecule has 214 valence electrons. The molecule has 4 nitrogen and oxygen atoms in total. The van der Waals surface area contributed by atoms with E-state index < -0.39 is 0 Å². The van der Waals surface area contributed by atoms with Crippen molar-refractivity contribution in [2.45, 2.75) is 39.0 Å². The molecule has 0 atom stereocenters. The van der Waals surface area contributed by atoms with Gasteiger partial charge in [0.05, 0.1) is 17.1 Å². The van der Waals surface area contributed by atoms with Crippen LogP contribution < -0.4 is 4.90 Å². The van der Waals surface area contributed by atoms with Crippen LogP contribution in [0, 0.1) is 11.8 Å². The monoisotopic (exact) mass is 571 g/mol. The number of hydrogen-bond donors (Lipinski definition) is 1. The maximum atomic E-state index is 10.9. The van der Waals surface area contributed by atoms with E-state index in [0.717, 1.165) is 45.0 Å². The van der Waals surface area contributed by atoms with Gasteiger partial charge in [0.2, 0.25) is 0 Å². The molecule has 2 aromatic heterocycles. The molecule has 4 aromatic carbocycles. The van der Waals surface area contributed by atoms with Crippen LogP contribution in [0.4, 0.5) is 17.2 Å². The number of phenolic OH excluding ortho intramolecular Hbond substituents is 1. The Hall–Kier alpha value is -5.40. The highest BCUT2D eigenvalue weighted by molar-refractivity contribution is 5.92. The Balaban J connectivity index is 1.37. The van der Waals surface area contributed by atoms with Crippen LogP contribution in [0.15, 0.2) is 115 Å². The zero-order valence-electron chi connectivity index (χ0n) is 25.3. The molecular formula is C40H33N3O.